The number of carbonyl (C=O) groups excluding carboxylic acids is 1. The maximum Gasteiger partial charge on any atom is 0.242 e. The van der Waals surface area contributed by atoms with Crippen LogP contribution in [0.25, 0.3) is 0 Å². The van der Waals surface area contributed by atoms with Crippen molar-refractivity contribution >= 4 is 21.8 Å². The van der Waals surface area contributed by atoms with Crippen molar-refractivity contribution in [2.45, 2.75) is 24.5 Å². The summed E-state index contributed by atoms with van der Waals surface area (Å²) < 4.78 is 6.80. The molecule has 1 aromatic carbocycles. The molecule has 1 aliphatic carbocycles. The minimum absolute atomic E-state index is 0.0578. The fourth-order valence-corrected chi connectivity index (χ4v) is 2.82. The summed E-state index contributed by atoms with van der Waals surface area (Å²) in [6.45, 7) is 1.80. The number of nitrogens with two attached hydrogens (primary N) is 1. The molecule has 1 saturated heterocycles. The van der Waals surface area contributed by atoms with Crippen molar-refractivity contribution in [3.8, 4) is 0 Å². The van der Waals surface area contributed by atoms with Gasteiger partial charge in [0, 0.05) is 11.0 Å². The van der Waals surface area contributed by atoms with E-state index in [-0.39, 0.29) is 12.0 Å². The molecule has 0 aromatic heterocycles. The van der Waals surface area contributed by atoms with Gasteiger partial charge in [0.25, 0.3) is 0 Å². The third-order valence-corrected chi connectivity index (χ3v) is 4.28. The monoisotopic (exact) mass is 324 g/mol. The molecule has 102 valence electrons. The average molecular weight is 325 g/mol. The highest BCUT2D eigenvalue weighted by molar-refractivity contribution is 9.10. The molecule has 2 N–H and O–H groups in total. The zero-order valence-electron chi connectivity index (χ0n) is 10.6. The van der Waals surface area contributed by atoms with Crippen LogP contribution in [0.3, 0.4) is 0 Å². The fourth-order valence-electron chi connectivity index (χ4n) is 2.41. The molecule has 1 aliphatic heterocycles. The molecule has 19 heavy (non-hydrogen) atoms. The van der Waals surface area contributed by atoms with Crippen LogP contribution in [0, 0.1) is 0 Å². The first kappa shape index (κ1) is 13.1. The summed E-state index contributed by atoms with van der Waals surface area (Å²) in [7, 11) is 0. The van der Waals surface area contributed by atoms with Gasteiger partial charge >= 0.3 is 0 Å². The van der Waals surface area contributed by atoms with Crippen LogP contribution in [0.2, 0.25) is 0 Å². The molecule has 2 aliphatic rings. The molecule has 5 heteroatoms. The third-order valence-electron chi connectivity index (χ3n) is 3.79. The van der Waals surface area contributed by atoms with Crippen LogP contribution in [-0.2, 0) is 9.53 Å². The number of halogens is 1. The Kier molecular flexibility index (Phi) is 3.37. The minimum Gasteiger partial charge on any atom is -0.370 e. The number of carbonyl (C=O) groups is 1. The van der Waals surface area contributed by atoms with Crippen molar-refractivity contribution in [1.82, 2.24) is 4.90 Å². The van der Waals surface area contributed by atoms with E-state index in [2.05, 4.69) is 15.9 Å². The SMILES string of the molecule is NC1(C(=O)N2CCOC(c3cccc(Br)c3)C2)CC1. The van der Waals surface area contributed by atoms with E-state index in [9.17, 15) is 4.79 Å². The molecule has 0 spiro atoms. The first-order valence-electron chi connectivity index (χ1n) is 6.54. The van der Waals surface area contributed by atoms with Crippen molar-refractivity contribution in [1.29, 1.82) is 0 Å². The number of ether oxygens (including phenoxy) is 1. The maximum atomic E-state index is 12.3. The van der Waals surface area contributed by atoms with Gasteiger partial charge in [0.15, 0.2) is 0 Å². The van der Waals surface area contributed by atoms with E-state index in [1.165, 1.54) is 0 Å². The second-order valence-electron chi connectivity index (χ2n) is 5.32. The molecule has 1 aromatic rings. The van der Waals surface area contributed by atoms with Crippen molar-refractivity contribution in [2.24, 2.45) is 5.73 Å². The molecule has 0 bridgehead atoms. The molecule has 1 unspecified atom stereocenters. The van der Waals surface area contributed by atoms with E-state index in [0.717, 1.165) is 22.9 Å². The number of benzene rings is 1. The van der Waals surface area contributed by atoms with E-state index in [1.54, 1.807) is 0 Å². The van der Waals surface area contributed by atoms with E-state index in [4.69, 9.17) is 10.5 Å². The fraction of sp³-hybridized carbons (Fsp3) is 0.500. The molecule has 1 heterocycles. The first-order valence-corrected chi connectivity index (χ1v) is 7.33. The second kappa shape index (κ2) is 4.89. The highest BCUT2D eigenvalue weighted by Gasteiger charge is 2.48. The smallest absolute Gasteiger partial charge is 0.242 e. The van der Waals surface area contributed by atoms with Gasteiger partial charge in [-0.3, -0.25) is 4.79 Å². The summed E-state index contributed by atoms with van der Waals surface area (Å²) in [6, 6.07) is 8.02. The van der Waals surface area contributed by atoms with Crippen LogP contribution in [0.15, 0.2) is 28.7 Å². The van der Waals surface area contributed by atoms with E-state index in [0.29, 0.717) is 19.7 Å². The Bertz CT molecular complexity index is 502. The summed E-state index contributed by atoms with van der Waals surface area (Å²) in [5, 5.41) is 0. The second-order valence-corrected chi connectivity index (χ2v) is 6.24. The number of hydrogen-bond acceptors (Lipinski definition) is 3. The standard InChI is InChI=1S/C14H17BrN2O2/c15-11-3-1-2-10(8-11)12-9-17(6-7-19-12)13(18)14(16)4-5-14/h1-3,8,12H,4-7,9,16H2. The Hall–Kier alpha value is -0.910. The summed E-state index contributed by atoms with van der Waals surface area (Å²) in [5.74, 6) is 0.0794. The molecule has 4 nitrogen and oxygen atoms in total. The lowest BCUT2D eigenvalue weighted by Gasteiger charge is -2.34. The lowest BCUT2D eigenvalue weighted by molar-refractivity contribution is -0.141. The Morgan fingerprint density at radius 1 is 1.47 bits per heavy atom. The Labute approximate surface area is 121 Å². The van der Waals surface area contributed by atoms with Crippen LogP contribution in [-0.4, -0.2) is 36.0 Å². The lowest BCUT2D eigenvalue weighted by atomic mass is 10.1. The van der Waals surface area contributed by atoms with Gasteiger partial charge in [0.2, 0.25) is 5.91 Å². The van der Waals surface area contributed by atoms with Gasteiger partial charge in [-0.15, -0.1) is 0 Å². The van der Waals surface area contributed by atoms with Gasteiger partial charge in [-0.2, -0.15) is 0 Å². The number of nitrogens with zero attached hydrogens (tertiary/aromatic N) is 1. The highest BCUT2D eigenvalue weighted by atomic mass is 79.9. The topological polar surface area (TPSA) is 55.6 Å². The molecule has 0 radical (unpaired) electrons. The molecular weight excluding hydrogens is 308 g/mol. The lowest BCUT2D eigenvalue weighted by Crippen LogP contribution is -2.50. The normalized spacial score (nSPS) is 25.2. The van der Waals surface area contributed by atoms with Gasteiger partial charge in [-0.05, 0) is 30.5 Å². The van der Waals surface area contributed by atoms with Gasteiger partial charge in [-0.1, -0.05) is 28.1 Å². The Balaban J connectivity index is 1.73. The summed E-state index contributed by atoms with van der Waals surface area (Å²) >= 11 is 3.46. The van der Waals surface area contributed by atoms with E-state index < -0.39 is 5.54 Å². The van der Waals surface area contributed by atoms with Crippen molar-refractivity contribution in [3.63, 3.8) is 0 Å². The highest BCUT2D eigenvalue weighted by Crippen LogP contribution is 2.35. The molecule has 3 rings (SSSR count). The van der Waals surface area contributed by atoms with Gasteiger partial charge in [0.1, 0.15) is 6.10 Å². The maximum absolute atomic E-state index is 12.3. The molecule has 1 amide bonds. The number of amides is 1. The summed E-state index contributed by atoms with van der Waals surface area (Å²) in [6.07, 6.45) is 1.56. The zero-order chi connectivity index (χ0) is 13.5. The quantitative estimate of drug-likeness (QED) is 0.903. The third kappa shape index (κ3) is 2.68. The largest absolute Gasteiger partial charge is 0.370 e. The van der Waals surface area contributed by atoms with Crippen LogP contribution in [0.1, 0.15) is 24.5 Å². The van der Waals surface area contributed by atoms with Gasteiger partial charge in [-0.25, -0.2) is 0 Å². The number of morpholine rings is 1. The van der Waals surface area contributed by atoms with E-state index >= 15 is 0 Å². The Morgan fingerprint density at radius 2 is 2.26 bits per heavy atom. The predicted octanol–water partition coefficient (Wildman–Crippen LogP) is 1.84. The van der Waals surface area contributed by atoms with Crippen LogP contribution in [0.5, 0.6) is 0 Å². The van der Waals surface area contributed by atoms with Crippen molar-refractivity contribution in [3.05, 3.63) is 34.3 Å². The van der Waals surface area contributed by atoms with Crippen molar-refractivity contribution < 1.29 is 9.53 Å². The van der Waals surface area contributed by atoms with Gasteiger partial charge < -0.3 is 15.4 Å². The van der Waals surface area contributed by atoms with Crippen LogP contribution in [0.4, 0.5) is 0 Å². The van der Waals surface area contributed by atoms with Crippen LogP contribution >= 0.6 is 15.9 Å². The minimum atomic E-state index is -0.584. The molecule has 1 atom stereocenters. The predicted molar refractivity (Wildman–Crippen MR) is 75.6 cm³/mol. The number of hydrogen-bond donors (Lipinski definition) is 1. The molecule has 2 fully saturated rings. The number of rotatable bonds is 2. The summed E-state index contributed by atoms with van der Waals surface area (Å²) in [5.41, 5.74) is 6.50. The molecular formula is C14H17BrN2O2. The van der Waals surface area contributed by atoms with Crippen LogP contribution < -0.4 is 5.73 Å². The first-order chi connectivity index (χ1) is 9.08. The van der Waals surface area contributed by atoms with Gasteiger partial charge in [0.05, 0.1) is 18.7 Å². The Morgan fingerprint density at radius 3 is 2.95 bits per heavy atom. The van der Waals surface area contributed by atoms with E-state index in [1.807, 2.05) is 29.2 Å². The van der Waals surface area contributed by atoms with Crippen molar-refractivity contribution in [2.75, 3.05) is 19.7 Å². The zero-order valence-corrected chi connectivity index (χ0v) is 12.2. The average Bonchev–Trinajstić information content (AvgIpc) is 3.17. The molecule has 1 saturated carbocycles. The summed E-state index contributed by atoms with van der Waals surface area (Å²) in [4.78, 5) is 14.1.